The van der Waals surface area contributed by atoms with Crippen LogP contribution in [0.3, 0.4) is 0 Å². The zero-order valence-corrected chi connectivity index (χ0v) is 16.0. The Bertz CT molecular complexity index is 875. The van der Waals surface area contributed by atoms with Crippen molar-refractivity contribution in [3.05, 3.63) is 65.7 Å². The SMILES string of the molecule is CCCCNCC(=O)Nc1cc(-c2ccccc2)nn1-c1ccc(Cl)cc1. The molecular formula is C21H23ClN4O. The lowest BCUT2D eigenvalue weighted by molar-refractivity contribution is -0.115. The van der Waals surface area contributed by atoms with Gasteiger partial charge in [0.15, 0.2) is 0 Å². The van der Waals surface area contributed by atoms with E-state index in [0.717, 1.165) is 36.3 Å². The van der Waals surface area contributed by atoms with Crippen LogP contribution in [-0.4, -0.2) is 28.8 Å². The van der Waals surface area contributed by atoms with Gasteiger partial charge in [0.2, 0.25) is 5.91 Å². The second-order valence-electron chi connectivity index (χ2n) is 6.25. The Morgan fingerprint density at radius 2 is 1.85 bits per heavy atom. The van der Waals surface area contributed by atoms with Gasteiger partial charge in [0.25, 0.3) is 0 Å². The molecule has 5 nitrogen and oxygen atoms in total. The summed E-state index contributed by atoms with van der Waals surface area (Å²) in [4.78, 5) is 12.3. The zero-order valence-electron chi connectivity index (χ0n) is 15.3. The van der Waals surface area contributed by atoms with Gasteiger partial charge >= 0.3 is 0 Å². The molecule has 6 heteroatoms. The van der Waals surface area contributed by atoms with Crippen LogP contribution in [0.1, 0.15) is 19.8 Å². The molecule has 2 N–H and O–H groups in total. The quantitative estimate of drug-likeness (QED) is 0.563. The molecule has 0 saturated carbocycles. The molecule has 140 valence electrons. The molecule has 0 aliphatic heterocycles. The number of rotatable bonds is 8. The van der Waals surface area contributed by atoms with Crippen molar-refractivity contribution in [1.29, 1.82) is 0 Å². The topological polar surface area (TPSA) is 59.0 Å². The summed E-state index contributed by atoms with van der Waals surface area (Å²) < 4.78 is 1.72. The summed E-state index contributed by atoms with van der Waals surface area (Å²) in [7, 11) is 0. The van der Waals surface area contributed by atoms with Crippen LogP contribution in [0.15, 0.2) is 60.7 Å². The van der Waals surface area contributed by atoms with Crippen LogP contribution in [0, 0.1) is 0 Å². The zero-order chi connectivity index (χ0) is 19.1. The molecule has 27 heavy (non-hydrogen) atoms. The van der Waals surface area contributed by atoms with Crippen molar-refractivity contribution in [2.75, 3.05) is 18.4 Å². The standard InChI is InChI=1S/C21H23ClN4O/c1-2-3-13-23-15-21(27)24-20-14-19(16-7-5-4-6-8-16)25-26(20)18-11-9-17(22)10-12-18/h4-12,14,23H,2-3,13,15H2,1H3,(H,24,27). The number of halogens is 1. The van der Waals surface area contributed by atoms with Crippen molar-refractivity contribution in [1.82, 2.24) is 15.1 Å². The van der Waals surface area contributed by atoms with E-state index in [9.17, 15) is 4.79 Å². The van der Waals surface area contributed by atoms with Gasteiger partial charge in [0.1, 0.15) is 5.82 Å². The lowest BCUT2D eigenvalue weighted by Gasteiger charge is -2.09. The smallest absolute Gasteiger partial charge is 0.239 e. The normalized spacial score (nSPS) is 10.7. The summed E-state index contributed by atoms with van der Waals surface area (Å²) in [6.07, 6.45) is 2.15. The summed E-state index contributed by atoms with van der Waals surface area (Å²) in [5, 5.41) is 11.4. The highest BCUT2D eigenvalue weighted by molar-refractivity contribution is 6.30. The van der Waals surface area contributed by atoms with Crippen LogP contribution in [0.2, 0.25) is 5.02 Å². The van der Waals surface area contributed by atoms with Crippen LogP contribution < -0.4 is 10.6 Å². The lowest BCUT2D eigenvalue weighted by Crippen LogP contribution is -2.29. The third-order valence-electron chi connectivity index (χ3n) is 4.11. The molecule has 0 fully saturated rings. The maximum Gasteiger partial charge on any atom is 0.239 e. The molecule has 1 amide bonds. The molecule has 0 aliphatic carbocycles. The largest absolute Gasteiger partial charge is 0.309 e. The molecular weight excluding hydrogens is 360 g/mol. The molecule has 0 saturated heterocycles. The van der Waals surface area contributed by atoms with E-state index in [-0.39, 0.29) is 12.5 Å². The second-order valence-corrected chi connectivity index (χ2v) is 6.68. The number of hydrogen-bond donors (Lipinski definition) is 2. The second kappa shape index (κ2) is 9.35. The minimum atomic E-state index is -0.0965. The first-order chi connectivity index (χ1) is 13.2. The Morgan fingerprint density at radius 3 is 2.56 bits per heavy atom. The maximum atomic E-state index is 12.3. The minimum absolute atomic E-state index is 0.0965. The fourth-order valence-electron chi connectivity index (χ4n) is 2.69. The Morgan fingerprint density at radius 1 is 1.11 bits per heavy atom. The van der Waals surface area contributed by atoms with E-state index in [1.54, 1.807) is 16.8 Å². The molecule has 0 unspecified atom stereocenters. The van der Waals surface area contributed by atoms with Gasteiger partial charge in [-0.25, -0.2) is 4.68 Å². The fraction of sp³-hybridized carbons (Fsp3) is 0.238. The third-order valence-corrected chi connectivity index (χ3v) is 4.36. The highest BCUT2D eigenvalue weighted by Crippen LogP contribution is 2.25. The number of amides is 1. The predicted octanol–water partition coefficient (Wildman–Crippen LogP) is 4.52. The number of nitrogens with one attached hydrogen (secondary N) is 2. The van der Waals surface area contributed by atoms with Gasteiger partial charge in [-0.2, -0.15) is 5.10 Å². The number of nitrogens with zero attached hydrogens (tertiary/aromatic N) is 2. The number of aromatic nitrogens is 2. The van der Waals surface area contributed by atoms with Crippen LogP contribution in [0.25, 0.3) is 16.9 Å². The molecule has 2 aromatic carbocycles. The maximum absolute atomic E-state index is 12.3. The lowest BCUT2D eigenvalue weighted by atomic mass is 10.2. The molecule has 1 aromatic heterocycles. The molecule has 0 bridgehead atoms. The number of carbonyl (C=O) groups excluding carboxylic acids is 1. The van der Waals surface area contributed by atoms with E-state index >= 15 is 0 Å². The summed E-state index contributed by atoms with van der Waals surface area (Å²) >= 11 is 6.00. The first kappa shape index (κ1) is 19.1. The van der Waals surface area contributed by atoms with Crippen molar-refractivity contribution >= 4 is 23.3 Å². The fourth-order valence-corrected chi connectivity index (χ4v) is 2.82. The van der Waals surface area contributed by atoms with Gasteiger partial charge in [0.05, 0.1) is 17.9 Å². The Balaban J connectivity index is 1.85. The van der Waals surface area contributed by atoms with Crippen molar-refractivity contribution in [3.63, 3.8) is 0 Å². The number of benzene rings is 2. The van der Waals surface area contributed by atoms with Crippen LogP contribution in [0.5, 0.6) is 0 Å². The average Bonchev–Trinajstić information content (AvgIpc) is 3.10. The van der Waals surface area contributed by atoms with Gasteiger partial charge in [0, 0.05) is 16.7 Å². The van der Waals surface area contributed by atoms with Gasteiger partial charge in [-0.3, -0.25) is 4.79 Å². The Labute approximate surface area is 164 Å². The highest BCUT2D eigenvalue weighted by atomic mass is 35.5. The van der Waals surface area contributed by atoms with E-state index in [0.29, 0.717) is 10.8 Å². The molecule has 1 heterocycles. The molecule has 0 aliphatic rings. The van der Waals surface area contributed by atoms with Crippen molar-refractivity contribution in [2.24, 2.45) is 0 Å². The van der Waals surface area contributed by atoms with E-state index < -0.39 is 0 Å². The summed E-state index contributed by atoms with van der Waals surface area (Å²) in [6.45, 7) is 3.22. The molecule has 3 aromatic rings. The number of unbranched alkanes of at least 4 members (excludes halogenated alkanes) is 1. The first-order valence-corrected chi connectivity index (χ1v) is 9.47. The minimum Gasteiger partial charge on any atom is -0.309 e. The molecule has 0 spiro atoms. The molecule has 0 atom stereocenters. The van der Waals surface area contributed by atoms with Crippen molar-refractivity contribution in [3.8, 4) is 16.9 Å². The van der Waals surface area contributed by atoms with E-state index in [4.69, 9.17) is 11.6 Å². The van der Waals surface area contributed by atoms with E-state index in [1.807, 2.05) is 48.5 Å². The van der Waals surface area contributed by atoms with Crippen LogP contribution in [-0.2, 0) is 4.79 Å². The van der Waals surface area contributed by atoms with Crippen molar-refractivity contribution < 1.29 is 4.79 Å². The van der Waals surface area contributed by atoms with E-state index in [2.05, 4.69) is 22.7 Å². The summed E-state index contributed by atoms with van der Waals surface area (Å²) in [5.74, 6) is 0.527. The highest BCUT2D eigenvalue weighted by Gasteiger charge is 2.13. The molecule has 3 rings (SSSR count). The van der Waals surface area contributed by atoms with Crippen molar-refractivity contribution in [2.45, 2.75) is 19.8 Å². The van der Waals surface area contributed by atoms with Crippen LogP contribution in [0.4, 0.5) is 5.82 Å². The van der Waals surface area contributed by atoms with Gasteiger partial charge in [-0.1, -0.05) is 55.3 Å². The van der Waals surface area contributed by atoms with E-state index in [1.165, 1.54) is 0 Å². The summed E-state index contributed by atoms with van der Waals surface area (Å²) in [6, 6.07) is 19.1. The monoisotopic (exact) mass is 382 g/mol. The van der Waals surface area contributed by atoms with Gasteiger partial charge < -0.3 is 10.6 Å². The molecule has 0 radical (unpaired) electrons. The Kier molecular flexibility index (Phi) is 6.63. The third kappa shape index (κ3) is 5.18. The predicted molar refractivity (Wildman–Crippen MR) is 110 cm³/mol. The van der Waals surface area contributed by atoms with Crippen LogP contribution >= 0.6 is 11.6 Å². The van der Waals surface area contributed by atoms with Gasteiger partial charge in [-0.15, -0.1) is 0 Å². The first-order valence-electron chi connectivity index (χ1n) is 9.09. The average molecular weight is 383 g/mol. The number of hydrogen-bond acceptors (Lipinski definition) is 3. The number of anilines is 1. The summed E-state index contributed by atoms with van der Waals surface area (Å²) in [5.41, 5.74) is 2.61. The number of carbonyl (C=O) groups is 1. The Hall–Kier alpha value is -2.63. The van der Waals surface area contributed by atoms with Gasteiger partial charge in [-0.05, 0) is 37.2 Å².